The van der Waals surface area contributed by atoms with Crippen molar-refractivity contribution in [3.05, 3.63) is 40.3 Å². The van der Waals surface area contributed by atoms with Crippen LogP contribution in [-0.2, 0) is 4.74 Å². The molecule has 0 bridgehead atoms. The fourth-order valence-corrected chi connectivity index (χ4v) is 2.89. The van der Waals surface area contributed by atoms with Gasteiger partial charge in [0.25, 0.3) is 5.56 Å². The van der Waals surface area contributed by atoms with Gasteiger partial charge in [-0.05, 0) is 39.0 Å². The average molecular weight is 370 g/mol. The molecule has 2 N–H and O–H groups in total. The highest BCUT2D eigenvalue weighted by Crippen LogP contribution is 2.26. The second kappa shape index (κ2) is 7.79. The molecule has 0 unspecified atom stereocenters. The number of rotatable bonds is 7. The van der Waals surface area contributed by atoms with Crippen molar-refractivity contribution in [2.75, 3.05) is 37.5 Å². The lowest BCUT2D eigenvalue weighted by atomic mass is 10.1. The van der Waals surface area contributed by atoms with Gasteiger partial charge in [-0.2, -0.15) is 10.2 Å². The van der Waals surface area contributed by atoms with Crippen LogP contribution in [0.4, 0.5) is 17.3 Å². The molecule has 0 fully saturated rings. The smallest absolute Gasteiger partial charge is 0.275 e. The van der Waals surface area contributed by atoms with Crippen LogP contribution in [0.25, 0.3) is 10.8 Å². The fourth-order valence-electron chi connectivity index (χ4n) is 2.89. The Kier molecular flexibility index (Phi) is 5.46. The maximum atomic E-state index is 13.0. The number of hydrogen-bond acceptors (Lipinski definition) is 6. The van der Waals surface area contributed by atoms with Crippen LogP contribution in [-0.4, -0.2) is 47.3 Å². The number of ether oxygens (including phenoxy) is 1. The van der Waals surface area contributed by atoms with Crippen LogP contribution in [0.1, 0.15) is 25.6 Å². The number of H-pyrrole nitrogens is 1. The van der Waals surface area contributed by atoms with Gasteiger partial charge in [0, 0.05) is 43.5 Å². The van der Waals surface area contributed by atoms with Gasteiger partial charge in [0.05, 0.1) is 18.0 Å². The molecule has 3 rings (SSSR count). The van der Waals surface area contributed by atoms with Crippen molar-refractivity contribution < 1.29 is 4.74 Å². The number of fused-ring (bicyclic) bond motifs is 1. The molecule has 8 nitrogen and oxygen atoms in total. The molecule has 1 aromatic carbocycles. The molecule has 2 heterocycles. The van der Waals surface area contributed by atoms with Crippen LogP contribution in [0.5, 0.6) is 0 Å². The molecule has 0 atom stereocenters. The number of aromatic amines is 1. The van der Waals surface area contributed by atoms with Gasteiger partial charge in [-0.15, -0.1) is 0 Å². The Morgan fingerprint density at radius 3 is 2.70 bits per heavy atom. The Morgan fingerprint density at radius 2 is 2.07 bits per heavy atom. The molecular formula is C19H26N6O2. The zero-order valence-corrected chi connectivity index (χ0v) is 16.4. The highest BCUT2D eigenvalue weighted by molar-refractivity contribution is 5.94. The van der Waals surface area contributed by atoms with Crippen molar-refractivity contribution >= 4 is 28.1 Å². The monoisotopic (exact) mass is 370 g/mol. The number of methoxy groups -OCH3 is 1. The summed E-state index contributed by atoms with van der Waals surface area (Å²) in [6.45, 7) is 7.17. The Hall–Kier alpha value is -2.87. The number of hydrogen-bond donors (Lipinski definition) is 2. The van der Waals surface area contributed by atoms with Gasteiger partial charge in [0.1, 0.15) is 0 Å². The van der Waals surface area contributed by atoms with E-state index in [9.17, 15) is 4.79 Å². The summed E-state index contributed by atoms with van der Waals surface area (Å²) in [5.41, 5.74) is 1.80. The van der Waals surface area contributed by atoms with E-state index in [4.69, 9.17) is 4.74 Å². The van der Waals surface area contributed by atoms with Gasteiger partial charge in [0.15, 0.2) is 11.6 Å². The number of aromatic nitrogens is 4. The van der Waals surface area contributed by atoms with Crippen LogP contribution < -0.4 is 15.8 Å². The molecule has 0 saturated heterocycles. The lowest BCUT2D eigenvalue weighted by molar-refractivity contribution is 0.206. The number of nitrogens with one attached hydrogen (secondary N) is 2. The molecule has 0 saturated carbocycles. The third kappa shape index (κ3) is 3.95. The minimum Gasteiger partial charge on any atom is -0.383 e. The molecule has 0 spiro atoms. The van der Waals surface area contributed by atoms with E-state index in [1.807, 2.05) is 52.1 Å². The van der Waals surface area contributed by atoms with Crippen molar-refractivity contribution in [3.8, 4) is 0 Å². The molecule has 144 valence electrons. The summed E-state index contributed by atoms with van der Waals surface area (Å²) >= 11 is 0. The first-order valence-electron chi connectivity index (χ1n) is 8.96. The van der Waals surface area contributed by atoms with Crippen molar-refractivity contribution in [3.63, 3.8) is 0 Å². The van der Waals surface area contributed by atoms with Crippen LogP contribution in [0.15, 0.2) is 29.1 Å². The Labute approximate surface area is 158 Å². The topological polar surface area (TPSA) is 88.1 Å². The quantitative estimate of drug-likeness (QED) is 0.665. The van der Waals surface area contributed by atoms with Gasteiger partial charge < -0.3 is 15.0 Å². The predicted molar refractivity (Wildman–Crippen MR) is 108 cm³/mol. The maximum absolute atomic E-state index is 13.0. The van der Waals surface area contributed by atoms with Crippen LogP contribution >= 0.6 is 0 Å². The summed E-state index contributed by atoms with van der Waals surface area (Å²) in [6, 6.07) is 7.66. The lowest BCUT2D eigenvalue weighted by Crippen LogP contribution is -2.26. The largest absolute Gasteiger partial charge is 0.383 e. The molecular weight excluding hydrogens is 344 g/mol. The summed E-state index contributed by atoms with van der Waals surface area (Å²) in [5, 5.41) is 16.3. The van der Waals surface area contributed by atoms with E-state index in [0.29, 0.717) is 23.6 Å². The Morgan fingerprint density at radius 1 is 1.30 bits per heavy atom. The fraction of sp³-hybridized carbons (Fsp3) is 0.421. The van der Waals surface area contributed by atoms with Crippen molar-refractivity contribution in [1.82, 2.24) is 20.0 Å². The molecule has 0 aliphatic heterocycles. The van der Waals surface area contributed by atoms with Crippen LogP contribution in [0.3, 0.4) is 0 Å². The van der Waals surface area contributed by atoms with Crippen LogP contribution in [0.2, 0.25) is 0 Å². The van der Waals surface area contributed by atoms with E-state index < -0.39 is 0 Å². The lowest BCUT2D eigenvalue weighted by Gasteiger charge is -2.20. The minimum atomic E-state index is -0.106. The molecule has 0 amide bonds. The van der Waals surface area contributed by atoms with Crippen molar-refractivity contribution in [2.24, 2.45) is 0 Å². The van der Waals surface area contributed by atoms with Crippen molar-refractivity contribution in [2.45, 2.75) is 26.8 Å². The molecule has 27 heavy (non-hydrogen) atoms. The van der Waals surface area contributed by atoms with Gasteiger partial charge in [-0.25, -0.2) is 4.68 Å². The molecule has 3 aromatic rings. The molecule has 0 aliphatic carbocycles. The summed E-state index contributed by atoms with van der Waals surface area (Å²) in [7, 11) is 3.66. The first kappa shape index (κ1) is 18.9. The first-order chi connectivity index (χ1) is 12.9. The second-order valence-corrected chi connectivity index (χ2v) is 6.90. The Bertz CT molecular complexity index is 992. The maximum Gasteiger partial charge on any atom is 0.275 e. The zero-order valence-electron chi connectivity index (χ0n) is 16.4. The Balaban J connectivity index is 2.11. The summed E-state index contributed by atoms with van der Waals surface area (Å²) < 4.78 is 6.65. The summed E-state index contributed by atoms with van der Waals surface area (Å²) in [5.74, 6) is 1.27. The number of benzene rings is 1. The number of anilines is 3. The predicted octanol–water partition coefficient (Wildman–Crippen LogP) is 2.84. The molecule has 0 radical (unpaired) electrons. The molecule has 0 aliphatic rings. The average Bonchev–Trinajstić information content (AvgIpc) is 3.06. The van der Waals surface area contributed by atoms with Gasteiger partial charge >= 0.3 is 0 Å². The van der Waals surface area contributed by atoms with E-state index in [2.05, 4.69) is 25.5 Å². The van der Waals surface area contributed by atoms with Gasteiger partial charge in [-0.1, -0.05) is 0 Å². The second-order valence-electron chi connectivity index (χ2n) is 6.90. The zero-order chi connectivity index (χ0) is 19.6. The minimum absolute atomic E-state index is 0.0572. The highest BCUT2D eigenvalue weighted by atomic mass is 16.5. The third-order valence-corrected chi connectivity index (χ3v) is 4.42. The van der Waals surface area contributed by atoms with E-state index in [1.54, 1.807) is 7.11 Å². The van der Waals surface area contributed by atoms with Crippen LogP contribution in [0, 0.1) is 6.92 Å². The molecule has 2 aromatic heterocycles. The van der Waals surface area contributed by atoms with Gasteiger partial charge in [-0.3, -0.25) is 9.89 Å². The third-order valence-electron chi connectivity index (χ3n) is 4.42. The van der Waals surface area contributed by atoms with E-state index in [0.717, 1.165) is 23.3 Å². The molecule has 8 heteroatoms. The summed E-state index contributed by atoms with van der Waals surface area (Å²) in [4.78, 5) is 15.0. The summed E-state index contributed by atoms with van der Waals surface area (Å²) in [6.07, 6.45) is 0. The van der Waals surface area contributed by atoms with E-state index in [1.165, 1.54) is 4.68 Å². The normalized spacial score (nSPS) is 11.3. The van der Waals surface area contributed by atoms with Crippen molar-refractivity contribution in [1.29, 1.82) is 0 Å². The SMILES string of the molecule is COCCN(C)c1ccc2c(Nc3cc(C)[nH]n3)nn(C(C)C)c(=O)c2c1. The van der Waals surface area contributed by atoms with E-state index >= 15 is 0 Å². The number of aryl methyl sites for hydroxylation is 1. The van der Waals surface area contributed by atoms with E-state index in [-0.39, 0.29) is 11.6 Å². The first-order valence-corrected chi connectivity index (χ1v) is 8.96. The standard InChI is InChI=1S/C19H26N6O2/c1-12(2)25-19(26)16-11-14(24(4)8-9-27-5)6-7-15(16)18(23-25)20-17-10-13(3)21-22-17/h6-7,10-12H,8-9H2,1-5H3,(H2,20,21,22,23). The van der Waals surface area contributed by atoms with Gasteiger partial charge in [0.2, 0.25) is 0 Å². The highest BCUT2D eigenvalue weighted by Gasteiger charge is 2.15. The number of nitrogens with zero attached hydrogens (tertiary/aromatic N) is 4. The number of likely N-dealkylation sites (N-methyl/N-ethyl adjacent to an activating group) is 1.